The lowest BCUT2D eigenvalue weighted by Crippen LogP contribution is -2.35. The lowest BCUT2D eigenvalue weighted by molar-refractivity contribution is -0.118. The second kappa shape index (κ2) is 12.0. The minimum atomic E-state index is -0.495. The highest BCUT2D eigenvalue weighted by atomic mass is 35.5. The predicted octanol–water partition coefficient (Wildman–Crippen LogP) is 4.72. The molecule has 1 fully saturated rings. The number of aromatic nitrogens is 1. The Morgan fingerprint density at radius 2 is 1.82 bits per heavy atom. The molecule has 2 aromatic carbocycles. The predicted molar refractivity (Wildman–Crippen MR) is 136 cm³/mol. The Hall–Kier alpha value is -2.93. The van der Waals surface area contributed by atoms with Crippen LogP contribution in [-0.2, 0) is 11.2 Å². The van der Waals surface area contributed by atoms with Gasteiger partial charge in [0.15, 0.2) is 0 Å². The quantitative estimate of drug-likeness (QED) is 0.466. The fourth-order valence-electron chi connectivity index (χ4n) is 4.04. The second-order valence-electron chi connectivity index (χ2n) is 8.66. The van der Waals surface area contributed by atoms with Crippen molar-refractivity contribution in [1.29, 1.82) is 0 Å². The molecule has 178 valence electrons. The van der Waals surface area contributed by atoms with Crippen LogP contribution < -0.4 is 15.4 Å². The smallest absolute Gasteiger partial charge is 0.247 e. The summed E-state index contributed by atoms with van der Waals surface area (Å²) in [7, 11) is 2.13. The fourth-order valence-corrected chi connectivity index (χ4v) is 4.16. The number of carbonyl (C=O) groups is 1. The van der Waals surface area contributed by atoms with E-state index in [1.165, 1.54) is 0 Å². The van der Waals surface area contributed by atoms with Gasteiger partial charge in [-0.2, -0.15) is 0 Å². The molecule has 6 nitrogen and oxygen atoms in total. The van der Waals surface area contributed by atoms with E-state index in [1.807, 2.05) is 60.7 Å². The van der Waals surface area contributed by atoms with Crippen LogP contribution in [0.25, 0.3) is 0 Å². The molecule has 4 rings (SSSR count). The Labute approximate surface area is 206 Å². The van der Waals surface area contributed by atoms with Gasteiger partial charge in [0, 0.05) is 24.7 Å². The first kappa shape index (κ1) is 24.2. The van der Waals surface area contributed by atoms with Crippen LogP contribution in [0.4, 0.5) is 5.82 Å². The number of halogens is 1. The number of pyridine rings is 1. The van der Waals surface area contributed by atoms with Gasteiger partial charge in [0.05, 0.1) is 6.20 Å². The maximum absolute atomic E-state index is 13.2. The zero-order valence-electron chi connectivity index (χ0n) is 19.4. The third-order valence-electron chi connectivity index (χ3n) is 6.03. The summed E-state index contributed by atoms with van der Waals surface area (Å²) in [4.78, 5) is 19.9. The van der Waals surface area contributed by atoms with Crippen LogP contribution in [0.3, 0.4) is 0 Å². The highest BCUT2D eigenvalue weighted by Gasteiger charge is 2.21. The molecule has 2 N–H and O–H groups in total. The molecule has 2 heterocycles. The van der Waals surface area contributed by atoms with Gasteiger partial charge in [0.1, 0.15) is 23.7 Å². The van der Waals surface area contributed by atoms with E-state index in [-0.39, 0.29) is 12.0 Å². The SMILES string of the molecule is CN1CCC(Oc2ccc(NC(=O)[C@H](NCCc3ccc(Cl)cc3)c3ccccc3)nc2)CC1. The molecule has 1 aromatic heterocycles. The van der Waals surface area contributed by atoms with E-state index in [0.29, 0.717) is 17.4 Å². The maximum Gasteiger partial charge on any atom is 0.247 e. The Bertz CT molecular complexity index is 1040. The minimum absolute atomic E-state index is 0.154. The van der Waals surface area contributed by atoms with E-state index in [1.54, 1.807) is 12.3 Å². The number of rotatable bonds is 9. The van der Waals surface area contributed by atoms with Crippen molar-refractivity contribution in [2.75, 3.05) is 32.0 Å². The maximum atomic E-state index is 13.2. The molecule has 0 radical (unpaired) electrons. The van der Waals surface area contributed by atoms with Gasteiger partial charge in [0.2, 0.25) is 5.91 Å². The van der Waals surface area contributed by atoms with E-state index >= 15 is 0 Å². The van der Waals surface area contributed by atoms with Gasteiger partial charge in [-0.1, -0.05) is 54.1 Å². The third kappa shape index (κ3) is 7.03. The summed E-state index contributed by atoms with van der Waals surface area (Å²) in [5.74, 6) is 1.08. The van der Waals surface area contributed by atoms with Gasteiger partial charge < -0.3 is 20.3 Å². The number of hydrogen-bond donors (Lipinski definition) is 2. The average Bonchev–Trinajstić information content (AvgIpc) is 2.86. The molecular formula is C27H31ClN4O2. The number of anilines is 1. The molecule has 1 aliphatic rings. The molecule has 0 aliphatic carbocycles. The van der Waals surface area contributed by atoms with E-state index in [9.17, 15) is 4.79 Å². The normalized spacial score (nSPS) is 15.6. The molecule has 1 atom stereocenters. The summed E-state index contributed by atoms with van der Waals surface area (Å²) in [5.41, 5.74) is 2.06. The molecule has 1 amide bonds. The fraction of sp³-hybridized carbons (Fsp3) is 0.333. The number of ether oxygens (including phenoxy) is 1. The molecule has 0 unspecified atom stereocenters. The Balaban J connectivity index is 1.35. The van der Waals surface area contributed by atoms with E-state index in [0.717, 1.165) is 49.2 Å². The number of amides is 1. The van der Waals surface area contributed by atoms with Crippen molar-refractivity contribution in [3.8, 4) is 5.75 Å². The largest absolute Gasteiger partial charge is 0.489 e. The number of nitrogens with zero attached hydrogens (tertiary/aromatic N) is 2. The zero-order chi connectivity index (χ0) is 23.8. The van der Waals surface area contributed by atoms with Crippen molar-refractivity contribution in [1.82, 2.24) is 15.2 Å². The molecule has 1 saturated heterocycles. The highest BCUT2D eigenvalue weighted by molar-refractivity contribution is 6.30. The highest BCUT2D eigenvalue weighted by Crippen LogP contribution is 2.20. The molecular weight excluding hydrogens is 448 g/mol. The van der Waals surface area contributed by atoms with Crippen LogP contribution in [0.2, 0.25) is 5.02 Å². The lowest BCUT2D eigenvalue weighted by atomic mass is 10.1. The first-order chi connectivity index (χ1) is 16.6. The van der Waals surface area contributed by atoms with Gasteiger partial charge in [-0.05, 0) is 61.7 Å². The second-order valence-corrected chi connectivity index (χ2v) is 9.10. The standard InChI is InChI=1S/C27H31ClN4O2/c1-32-17-14-23(15-18-32)34-24-11-12-25(30-19-24)31-27(33)26(21-5-3-2-4-6-21)29-16-13-20-7-9-22(28)10-8-20/h2-12,19,23,26,29H,13-18H2,1H3,(H,30,31,33)/t26-/m1/s1. The first-order valence-corrected chi connectivity index (χ1v) is 12.1. The summed E-state index contributed by atoms with van der Waals surface area (Å²) < 4.78 is 6.06. The van der Waals surface area contributed by atoms with Crippen LogP contribution >= 0.6 is 11.6 Å². The third-order valence-corrected chi connectivity index (χ3v) is 6.28. The van der Waals surface area contributed by atoms with E-state index in [2.05, 4.69) is 27.6 Å². The summed E-state index contributed by atoms with van der Waals surface area (Å²) in [5, 5.41) is 7.04. The monoisotopic (exact) mass is 478 g/mol. The minimum Gasteiger partial charge on any atom is -0.489 e. The van der Waals surface area contributed by atoms with Crippen LogP contribution in [0.5, 0.6) is 5.75 Å². The Morgan fingerprint density at radius 1 is 1.09 bits per heavy atom. The van der Waals surface area contributed by atoms with Gasteiger partial charge >= 0.3 is 0 Å². The first-order valence-electron chi connectivity index (χ1n) is 11.7. The van der Waals surface area contributed by atoms with Crippen molar-refractivity contribution < 1.29 is 9.53 Å². The number of likely N-dealkylation sites (tertiary alicyclic amines) is 1. The summed E-state index contributed by atoms with van der Waals surface area (Å²) >= 11 is 5.97. The molecule has 0 saturated carbocycles. The summed E-state index contributed by atoms with van der Waals surface area (Å²) in [6.07, 6.45) is 4.70. The number of piperidine rings is 1. The summed E-state index contributed by atoms with van der Waals surface area (Å²) in [6, 6.07) is 20.6. The van der Waals surface area contributed by atoms with Crippen LogP contribution in [0, 0.1) is 0 Å². The van der Waals surface area contributed by atoms with E-state index in [4.69, 9.17) is 16.3 Å². The number of benzene rings is 2. The number of nitrogens with one attached hydrogen (secondary N) is 2. The van der Waals surface area contributed by atoms with Crippen molar-refractivity contribution in [2.45, 2.75) is 31.4 Å². The molecule has 0 spiro atoms. The van der Waals surface area contributed by atoms with E-state index < -0.39 is 6.04 Å². The Morgan fingerprint density at radius 3 is 2.50 bits per heavy atom. The summed E-state index contributed by atoms with van der Waals surface area (Å²) in [6.45, 7) is 2.72. The van der Waals surface area contributed by atoms with Crippen LogP contribution in [0.1, 0.15) is 30.0 Å². The van der Waals surface area contributed by atoms with Crippen LogP contribution in [-0.4, -0.2) is 48.6 Å². The zero-order valence-corrected chi connectivity index (χ0v) is 20.2. The number of hydrogen-bond acceptors (Lipinski definition) is 5. The Kier molecular flexibility index (Phi) is 8.52. The molecule has 7 heteroatoms. The van der Waals surface area contributed by atoms with Gasteiger partial charge in [-0.25, -0.2) is 4.98 Å². The van der Waals surface area contributed by atoms with Crippen molar-refractivity contribution in [2.24, 2.45) is 0 Å². The van der Waals surface area contributed by atoms with Crippen molar-refractivity contribution in [3.63, 3.8) is 0 Å². The van der Waals surface area contributed by atoms with Gasteiger partial charge in [-0.3, -0.25) is 4.79 Å². The topological polar surface area (TPSA) is 66.5 Å². The van der Waals surface area contributed by atoms with Crippen molar-refractivity contribution in [3.05, 3.63) is 89.1 Å². The average molecular weight is 479 g/mol. The van der Waals surface area contributed by atoms with Gasteiger partial charge in [-0.15, -0.1) is 0 Å². The molecule has 3 aromatic rings. The van der Waals surface area contributed by atoms with Crippen LogP contribution in [0.15, 0.2) is 72.9 Å². The number of carbonyl (C=O) groups excluding carboxylic acids is 1. The molecule has 1 aliphatic heterocycles. The molecule has 34 heavy (non-hydrogen) atoms. The molecule has 0 bridgehead atoms. The lowest BCUT2D eigenvalue weighted by Gasteiger charge is -2.29. The van der Waals surface area contributed by atoms with Crippen molar-refractivity contribution >= 4 is 23.3 Å². The van der Waals surface area contributed by atoms with Gasteiger partial charge in [0.25, 0.3) is 0 Å².